The lowest BCUT2D eigenvalue weighted by molar-refractivity contribution is -0.143. The van der Waals surface area contributed by atoms with Crippen molar-refractivity contribution < 1.29 is 33.3 Å². The zero-order valence-electron chi connectivity index (χ0n) is 14.8. The van der Waals surface area contributed by atoms with Gasteiger partial charge < -0.3 is 18.9 Å². The van der Waals surface area contributed by atoms with E-state index >= 15 is 0 Å². The Morgan fingerprint density at radius 3 is 2.04 bits per heavy atom. The molecule has 0 heterocycles. The molecule has 0 N–H and O–H groups in total. The molecule has 0 saturated heterocycles. The summed E-state index contributed by atoms with van der Waals surface area (Å²) in [6.07, 6.45) is 0.729. The van der Waals surface area contributed by atoms with Gasteiger partial charge in [-0.05, 0) is 45.4 Å². The summed E-state index contributed by atoms with van der Waals surface area (Å²) in [6, 6.07) is 4.47. The van der Waals surface area contributed by atoms with Gasteiger partial charge in [0.1, 0.15) is 5.75 Å². The molecule has 0 amide bonds. The summed E-state index contributed by atoms with van der Waals surface area (Å²) >= 11 is 0. The van der Waals surface area contributed by atoms with E-state index in [0.29, 0.717) is 18.8 Å². The summed E-state index contributed by atoms with van der Waals surface area (Å²) in [7, 11) is 0. The van der Waals surface area contributed by atoms with Crippen molar-refractivity contribution in [2.24, 2.45) is 0 Å². The summed E-state index contributed by atoms with van der Waals surface area (Å²) in [5, 5.41) is 0. The first kappa shape index (κ1) is 20.5. The minimum atomic E-state index is -0.623. The molecule has 1 aromatic rings. The zero-order valence-corrected chi connectivity index (χ0v) is 14.8. The van der Waals surface area contributed by atoms with Crippen LogP contribution >= 0.6 is 0 Å². The van der Waals surface area contributed by atoms with Crippen molar-refractivity contribution in [2.75, 3.05) is 26.4 Å². The largest absolute Gasteiger partial charge is 0.494 e. The highest BCUT2D eigenvalue weighted by atomic mass is 16.5. The maximum Gasteiger partial charge on any atom is 0.339 e. The SMILES string of the molecule is CCOC(=O)CCCOc1ccc(C(=O)OCC)c(C(=O)OCC)c1. The van der Waals surface area contributed by atoms with E-state index in [-0.39, 0.29) is 43.3 Å². The lowest BCUT2D eigenvalue weighted by atomic mass is 10.1. The van der Waals surface area contributed by atoms with Gasteiger partial charge in [-0.2, -0.15) is 0 Å². The van der Waals surface area contributed by atoms with E-state index in [2.05, 4.69) is 0 Å². The smallest absolute Gasteiger partial charge is 0.339 e. The molecule has 1 aromatic carbocycles. The third kappa shape index (κ3) is 6.82. The highest BCUT2D eigenvalue weighted by Crippen LogP contribution is 2.20. The number of hydrogen-bond acceptors (Lipinski definition) is 7. The normalized spacial score (nSPS) is 10.0. The van der Waals surface area contributed by atoms with Gasteiger partial charge in [-0.25, -0.2) is 9.59 Å². The Morgan fingerprint density at radius 1 is 0.840 bits per heavy atom. The molecule has 0 aliphatic carbocycles. The van der Waals surface area contributed by atoms with E-state index in [0.717, 1.165) is 0 Å². The molecular weight excluding hydrogens is 328 g/mol. The first-order chi connectivity index (χ1) is 12.0. The molecule has 0 saturated carbocycles. The Morgan fingerprint density at radius 2 is 1.44 bits per heavy atom. The van der Waals surface area contributed by atoms with Crippen molar-refractivity contribution in [1.82, 2.24) is 0 Å². The topological polar surface area (TPSA) is 88.1 Å². The van der Waals surface area contributed by atoms with Crippen LogP contribution in [0.25, 0.3) is 0 Å². The fraction of sp³-hybridized carbons (Fsp3) is 0.500. The predicted molar refractivity (Wildman–Crippen MR) is 89.7 cm³/mol. The lowest BCUT2D eigenvalue weighted by Crippen LogP contribution is -2.14. The standard InChI is InChI=1S/C18H24O7/c1-4-22-16(19)8-7-11-25-13-9-10-14(17(20)23-5-2)15(12-13)18(21)24-6-3/h9-10,12H,4-8,11H2,1-3H3. The van der Waals surface area contributed by atoms with Gasteiger partial charge in [-0.15, -0.1) is 0 Å². The second-order valence-corrected chi connectivity index (χ2v) is 4.91. The average molecular weight is 352 g/mol. The van der Waals surface area contributed by atoms with Crippen LogP contribution in [0.4, 0.5) is 0 Å². The van der Waals surface area contributed by atoms with Gasteiger partial charge in [0, 0.05) is 6.42 Å². The van der Waals surface area contributed by atoms with Gasteiger partial charge in [0.15, 0.2) is 0 Å². The molecule has 0 atom stereocenters. The molecule has 25 heavy (non-hydrogen) atoms. The van der Waals surface area contributed by atoms with Crippen LogP contribution in [0, 0.1) is 0 Å². The summed E-state index contributed by atoms with van der Waals surface area (Å²) in [5.74, 6) is -1.10. The van der Waals surface area contributed by atoms with Crippen molar-refractivity contribution in [3.8, 4) is 5.75 Å². The second-order valence-electron chi connectivity index (χ2n) is 4.91. The number of esters is 3. The van der Waals surface area contributed by atoms with Crippen LogP contribution in [-0.4, -0.2) is 44.3 Å². The van der Waals surface area contributed by atoms with E-state index in [9.17, 15) is 14.4 Å². The monoisotopic (exact) mass is 352 g/mol. The molecule has 0 spiro atoms. The third-order valence-corrected chi connectivity index (χ3v) is 3.08. The van der Waals surface area contributed by atoms with Crippen LogP contribution in [0.2, 0.25) is 0 Å². The molecule has 0 unspecified atom stereocenters. The van der Waals surface area contributed by atoms with Crippen molar-refractivity contribution in [3.63, 3.8) is 0 Å². The van der Waals surface area contributed by atoms with Crippen LogP contribution in [0.3, 0.4) is 0 Å². The van der Waals surface area contributed by atoms with Gasteiger partial charge >= 0.3 is 17.9 Å². The molecular formula is C18H24O7. The number of carbonyl (C=O) groups is 3. The van der Waals surface area contributed by atoms with Crippen molar-refractivity contribution >= 4 is 17.9 Å². The van der Waals surface area contributed by atoms with Crippen molar-refractivity contribution in [1.29, 1.82) is 0 Å². The molecule has 0 bridgehead atoms. The van der Waals surface area contributed by atoms with Gasteiger partial charge in [0.25, 0.3) is 0 Å². The van der Waals surface area contributed by atoms with Gasteiger partial charge in [-0.3, -0.25) is 4.79 Å². The molecule has 0 radical (unpaired) electrons. The Labute approximate surface area is 147 Å². The molecule has 0 aliphatic heterocycles. The Hall–Kier alpha value is -2.57. The van der Waals surface area contributed by atoms with Crippen LogP contribution in [0.1, 0.15) is 54.3 Å². The van der Waals surface area contributed by atoms with E-state index in [1.807, 2.05) is 0 Å². The maximum atomic E-state index is 12.1. The van der Waals surface area contributed by atoms with Crippen molar-refractivity contribution in [2.45, 2.75) is 33.6 Å². The van der Waals surface area contributed by atoms with Crippen LogP contribution in [0.15, 0.2) is 18.2 Å². The van der Waals surface area contributed by atoms with Gasteiger partial charge in [-0.1, -0.05) is 0 Å². The predicted octanol–water partition coefficient (Wildman–Crippen LogP) is 2.76. The van der Waals surface area contributed by atoms with Crippen LogP contribution in [-0.2, 0) is 19.0 Å². The van der Waals surface area contributed by atoms with E-state index in [1.54, 1.807) is 26.8 Å². The average Bonchev–Trinajstić information content (AvgIpc) is 2.59. The molecule has 7 heteroatoms. The summed E-state index contributed by atoms with van der Waals surface area (Å²) < 4.78 is 20.3. The van der Waals surface area contributed by atoms with Gasteiger partial charge in [0.05, 0.1) is 37.6 Å². The van der Waals surface area contributed by atoms with E-state index in [4.69, 9.17) is 18.9 Å². The minimum Gasteiger partial charge on any atom is -0.494 e. The molecule has 0 aliphatic rings. The van der Waals surface area contributed by atoms with Crippen molar-refractivity contribution in [3.05, 3.63) is 29.3 Å². The molecule has 7 nitrogen and oxygen atoms in total. The Bertz CT molecular complexity index is 595. The maximum absolute atomic E-state index is 12.1. The second kappa shape index (κ2) is 11.1. The van der Waals surface area contributed by atoms with E-state index < -0.39 is 11.9 Å². The summed E-state index contributed by atoms with van der Waals surface area (Å²) in [4.78, 5) is 35.3. The molecule has 0 fully saturated rings. The molecule has 138 valence electrons. The number of rotatable bonds is 10. The molecule has 0 aromatic heterocycles. The summed E-state index contributed by atoms with van der Waals surface area (Å²) in [6.45, 7) is 6.12. The number of hydrogen-bond donors (Lipinski definition) is 0. The van der Waals surface area contributed by atoms with Crippen LogP contribution < -0.4 is 4.74 Å². The highest BCUT2D eigenvalue weighted by Gasteiger charge is 2.20. The third-order valence-electron chi connectivity index (χ3n) is 3.08. The first-order valence-corrected chi connectivity index (χ1v) is 8.30. The number of ether oxygens (including phenoxy) is 4. The summed E-state index contributed by atoms with van der Waals surface area (Å²) in [5.41, 5.74) is 0.211. The lowest BCUT2D eigenvalue weighted by Gasteiger charge is -2.11. The fourth-order valence-corrected chi connectivity index (χ4v) is 2.02. The zero-order chi connectivity index (χ0) is 18.7. The number of carbonyl (C=O) groups excluding carboxylic acids is 3. The minimum absolute atomic E-state index is 0.0863. The first-order valence-electron chi connectivity index (χ1n) is 8.30. The highest BCUT2D eigenvalue weighted by molar-refractivity contribution is 6.03. The quantitative estimate of drug-likeness (QED) is 0.363. The fourth-order valence-electron chi connectivity index (χ4n) is 2.02. The molecule has 1 rings (SSSR count). The Balaban J connectivity index is 2.78. The van der Waals surface area contributed by atoms with Gasteiger partial charge in [0.2, 0.25) is 0 Å². The Kier molecular flexibility index (Phi) is 9.06. The number of benzene rings is 1. The van der Waals surface area contributed by atoms with Crippen LogP contribution in [0.5, 0.6) is 5.75 Å². The van der Waals surface area contributed by atoms with E-state index in [1.165, 1.54) is 12.1 Å².